The van der Waals surface area contributed by atoms with E-state index < -0.39 is 0 Å². The Hall–Kier alpha value is -3.00. The fraction of sp³-hybridized carbons (Fsp3) is 0. The van der Waals surface area contributed by atoms with E-state index >= 15 is 0 Å². The molecule has 0 aliphatic carbocycles. The van der Waals surface area contributed by atoms with Crippen LogP contribution in [0.15, 0.2) is 75.5 Å². The molecule has 0 fully saturated rings. The predicted molar refractivity (Wildman–Crippen MR) is 83.0 cm³/mol. The average Bonchev–Trinajstić information content (AvgIpc) is 3.26. The van der Waals surface area contributed by atoms with Gasteiger partial charge in [0.2, 0.25) is 5.16 Å². The van der Waals surface area contributed by atoms with Crippen molar-refractivity contribution in [1.82, 2.24) is 30.5 Å². The van der Waals surface area contributed by atoms with E-state index in [1.54, 1.807) is 4.68 Å². The number of hydrogen-bond acceptors (Lipinski definition) is 7. The number of nitrogens with zero attached hydrogens (tertiary/aromatic N) is 6. The quantitative estimate of drug-likeness (QED) is 0.571. The molecule has 4 rings (SSSR count). The highest BCUT2D eigenvalue weighted by atomic mass is 32.2. The molecule has 0 aliphatic rings. The molecule has 0 saturated heterocycles. The van der Waals surface area contributed by atoms with Gasteiger partial charge < -0.3 is 0 Å². The van der Waals surface area contributed by atoms with Crippen LogP contribution in [0.25, 0.3) is 16.9 Å². The van der Waals surface area contributed by atoms with E-state index in [1.807, 2.05) is 60.7 Å². The number of hydrogen-bond donors (Lipinski definition) is 0. The highest BCUT2D eigenvalue weighted by molar-refractivity contribution is 7.99. The summed E-state index contributed by atoms with van der Waals surface area (Å²) >= 11 is 1.30. The van der Waals surface area contributed by atoms with Gasteiger partial charge in [-0.2, -0.15) is 4.68 Å². The first-order valence-electron chi connectivity index (χ1n) is 6.81. The maximum atomic E-state index is 4.90. The second kappa shape index (κ2) is 6.01. The monoisotopic (exact) mass is 322 g/mol. The van der Waals surface area contributed by atoms with E-state index in [4.69, 9.17) is 4.63 Å². The lowest BCUT2D eigenvalue weighted by Crippen LogP contribution is -1.98. The summed E-state index contributed by atoms with van der Waals surface area (Å²) in [6.45, 7) is 0. The summed E-state index contributed by atoms with van der Waals surface area (Å²) in [7, 11) is 0. The van der Waals surface area contributed by atoms with Gasteiger partial charge in [0.25, 0.3) is 0 Å². The number of para-hydroxylation sites is 1. The molecule has 0 radical (unpaired) electrons. The van der Waals surface area contributed by atoms with Crippen molar-refractivity contribution in [1.29, 1.82) is 0 Å². The maximum Gasteiger partial charge on any atom is 0.220 e. The van der Waals surface area contributed by atoms with Crippen LogP contribution < -0.4 is 0 Å². The van der Waals surface area contributed by atoms with Gasteiger partial charge in [-0.3, -0.25) is 0 Å². The standard InChI is InChI=1S/C15H10N6OS/c1-3-7-11(8-4-1)13-14(18-22-17-13)23-15-16-19-20-21(15)12-9-5-2-6-10-12/h1-10H. The first-order valence-corrected chi connectivity index (χ1v) is 7.63. The fourth-order valence-corrected chi connectivity index (χ4v) is 2.88. The summed E-state index contributed by atoms with van der Waals surface area (Å²) < 4.78 is 6.54. The minimum Gasteiger partial charge on any atom is -0.243 e. The minimum absolute atomic E-state index is 0.587. The van der Waals surface area contributed by atoms with Gasteiger partial charge in [-0.25, -0.2) is 4.63 Å². The van der Waals surface area contributed by atoms with Gasteiger partial charge in [-0.15, -0.1) is 5.10 Å². The molecule has 8 heteroatoms. The Labute approximate surface area is 135 Å². The molecule has 2 heterocycles. The minimum atomic E-state index is 0.587. The van der Waals surface area contributed by atoms with Crippen LogP contribution in [0.3, 0.4) is 0 Å². The molecule has 112 valence electrons. The average molecular weight is 322 g/mol. The third kappa shape index (κ3) is 2.71. The van der Waals surface area contributed by atoms with E-state index in [-0.39, 0.29) is 0 Å². The second-order valence-electron chi connectivity index (χ2n) is 4.59. The summed E-state index contributed by atoms with van der Waals surface area (Å²) in [5.74, 6) is 0. The van der Waals surface area contributed by atoms with Gasteiger partial charge in [0.05, 0.1) is 5.69 Å². The van der Waals surface area contributed by atoms with Crippen LogP contribution in [-0.2, 0) is 0 Å². The Morgan fingerprint density at radius 3 is 2.39 bits per heavy atom. The first-order chi connectivity index (χ1) is 11.4. The van der Waals surface area contributed by atoms with Gasteiger partial charge in [-0.05, 0) is 44.6 Å². The normalized spacial score (nSPS) is 10.8. The highest BCUT2D eigenvalue weighted by Gasteiger charge is 2.18. The largest absolute Gasteiger partial charge is 0.243 e. The zero-order chi connectivity index (χ0) is 15.5. The second-order valence-corrected chi connectivity index (χ2v) is 5.55. The molecule has 2 aromatic carbocycles. The zero-order valence-electron chi connectivity index (χ0n) is 11.8. The lowest BCUT2D eigenvalue weighted by Gasteiger charge is -2.02. The van der Waals surface area contributed by atoms with E-state index in [0.717, 1.165) is 11.3 Å². The van der Waals surface area contributed by atoms with Crippen LogP contribution in [-0.4, -0.2) is 30.5 Å². The third-order valence-electron chi connectivity index (χ3n) is 3.14. The molecule has 4 aromatic rings. The van der Waals surface area contributed by atoms with Crippen molar-refractivity contribution < 1.29 is 4.63 Å². The zero-order valence-corrected chi connectivity index (χ0v) is 12.6. The number of aromatic nitrogens is 6. The van der Waals surface area contributed by atoms with Gasteiger partial charge in [0, 0.05) is 5.56 Å². The Morgan fingerprint density at radius 1 is 0.870 bits per heavy atom. The SMILES string of the molecule is c1ccc(-c2nonc2Sc2nnnn2-c2ccccc2)cc1. The van der Waals surface area contributed by atoms with Crippen molar-refractivity contribution in [3.63, 3.8) is 0 Å². The smallest absolute Gasteiger partial charge is 0.220 e. The molecule has 23 heavy (non-hydrogen) atoms. The van der Waals surface area contributed by atoms with E-state index in [0.29, 0.717) is 15.9 Å². The van der Waals surface area contributed by atoms with Crippen LogP contribution >= 0.6 is 11.8 Å². The number of rotatable bonds is 4. The Kier molecular flexibility index (Phi) is 3.57. The lowest BCUT2D eigenvalue weighted by molar-refractivity contribution is 0.299. The van der Waals surface area contributed by atoms with Crippen LogP contribution in [0.5, 0.6) is 0 Å². The maximum absolute atomic E-state index is 4.90. The molecule has 0 bridgehead atoms. The molecule has 2 aromatic heterocycles. The van der Waals surface area contributed by atoms with Gasteiger partial charge in [0.15, 0.2) is 5.03 Å². The van der Waals surface area contributed by atoms with Crippen molar-refractivity contribution in [2.24, 2.45) is 0 Å². The van der Waals surface area contributed by atoms with Gasteiger partial charge in [-0.1, -0.05) is 48.5 Å². The van der Waals surface area contributed by atoms with Crippen LogP contribution in [0.1, 0.15) is 0 Å². The summed E-state index contributed by atoms with van der Waals surface area (Å²) in [5, 5.41) is 21.0. The summed E-state index contributed by atoms with van der Waals surface area (Å²) in [5.41, 5.74) is 2.46. The Balaban J connectivity index is 1.69. The Morgan fingerprint density at radius 2 is 1.61 bits per heavy atom. The van der Waals surface area contributed by atoms with Crippen LogP contribution in [0.4, 0.5) is 0 Å². The third-order valence-corrected chi connectivity index (χ3v) is 4.03. The summed E-state index contributed by atoms with van der Waals surface area (Å²) in [6.07, 6.45) is 0. The van der Waals surface area contributed by atoms with Crippen LogP contribution in [0.2, 0.25) is 0 Å². The molecule has 0 saturated carbocycles. The van der Waals surface area contributed by atoms with Gasteiger partial charge >= 0.3 is 0 Å². The van der Waals surface area contributed by atoms with Crippen LogP contribution in [0, 0.1) is 0 Å². The van der Waals surface area contributed by atoms with Crippen molar-refractivity contribution in [2.75, 3.05) is 0 Å². The molecule has 0 unspecified atom stereocenters. The first kappa shape index (κ1) is 13.6. The summed E-state index contributed by atoms with van der Waals surface area (Å²) in [4.78, 5) is 0. The molecular weight excluding hydrogens is 312 g/mol. The van der Waals surface area contributed by atoms with Gasteiger partial charge in [0.1, 0.15) is 5.69 Å². The van der Waals surface area contributed by atoms with Crippen molar-refractivity contribution >= 4 is 11.8 Å². The molecular formula is C15H10N6OS. The van der Waals surface area contributed by atoms with E-state index in [9.17, 15) is 0 Å². The topological polar surface area (TPSA) is 82.5 Å². The van der Waals surface area contributed by atoms with Crippen molar-refractivity contribution in [2.45, 2.75) is 10.2 Å². The number of benzene rings is 2. The molecule has 0 N–H and O–H groups in total. The number of tetrazole rings is 1. The lowest BCUT2D eigenvalue weighted by atomic mass is 10.2. The van der Waals surface area contributed by atoms with E-state index in [1.165, 1.54) is 11.8 Å². The highest BCUT2D eigenvalue weighted by Crippen LogP contribution is 2.32. The molecule has 0 aliphatic heterocycles. The molecule has 0 spiro atoms. The van der Waals surface area contributed by atoms with Crippen molar-refractivity contribution in [3.8, 4) is 16.9 Å². The Bertz CT molecular complexity index is 830. The predicted octanol–water partition coefficient (Wildman–Crippen LogP) is 2.86. The van der Waals surface area contributed by atoms with E-state index in [2.05, 4.69) is 25.8 Å². The molecule has 0 amide bonds. The van der Waals surface area contributed by atoms with Crippen molar-refractivity contribution in [3.05, 3.63) is 60.7 Å². The molecule has 7 nitrogen and oxygen atoms in total. The molecule has 0 atom stereocenters. The summed E-state index contributed by atoms with van der Waals surface area (Å²) in [6, 6.07) is 19.4. The fourth-order valence-electron chi connectivity index (χ4n) is 2.08.